The van der Waals surface area contributed by atoms with Gasteiger partial charge in [0, 0.05) is 13.1 Å². The van der Waals surface area contributed by atoms with E-state index in [1.54, 1.807) is 0 Å². The minimum absolute atomic E-state index is 0.451. The van der Waals surface area contributed by atoms with Gasteiger partial charge >= 0.3 is 0 Å². The molecule has 2 unspecified atom stereocenters. The standard InChI is InChI=1S/C15H32N2O/c1-4-9-16-12-14-7-8-15(18-14)13-17(10-5-2)11-6-3/h14-16H,4-13H2,1-3H3. The Labute approximate surface area is 113 Å². The lowest BCUT2D eigenvalue weighted by Crippen LogP contribution is -2.35. The van der Waals surface area contributed by atoms with Crippen LogP contribution in [-0.2, 0) is 4.74 Å². The highest BCUT2D eigenvalue weighted by atomic mass is 16.5. The summed E-state index contributed by atoms with van der Waals surface area (Å²) in [7, 11) is 0. The van der Waals surface area contributed by atoms with E-state index < -0.39 is 0 Å². The predicted octanol–water partition coefficient (Wildman–Crippen LogP) is 2.66. The Morgan fingerprint density at radius 1 is 1.00 bits per heavy atom. The van der Waals surface area contributed by atoms with Crippen molar-refractivity contribution in [2.45, 2.75) is 65.1 Å². The topological polar surface area (TPSA) is 24.5 Å². The first-order valence-corrected chi connectivity index (χ1v) is 7.88. The fraction of sp³-hybridized carbons (Fsp3) is 1.00. The van der Waals surface area contributed by atoms with E-state index in [2.05, 4.69) is 31.0 Å². The van der Waals surface area contributed by atoms with Gasteiger partial charge in [-0.3, -0.25) is 0 Å². The molecule has 0 bridgehead atoms. The van der Waals surface area contributed by atoms with E-state index in [9.17, 15) is 0 Å². The van der Waals surface area contributed by atoms with Crippen LogP contribution in [0, 0.1) is 0 Å². The smallest absolute Gasteiger partial charge is 0.0707 e. The van der Waals surface area contributed by atoms with Gasteiger partial charge in [0.1, 0.15) is 0 Å². The molecular formula is C15H32N2O. The van der Waals surface area contributed by atoms with Gasteiger partial charge in [0.05, 0.1) is 12.2 Å². The number of nitrogens with one attached hydrogen (secondary N) is 1. The first kappa shape index (κ1) is 15.9. The Morgan fingerprint density at radius 3 is 2.28 bits per heavy atom. The van der Waals surface area contributed by atoms with Crippen molar-refractivity contribution in [1.82, 2.24) is 10.2 Å². The molecule has 1 rings (SSSR count). The molecule has 0 saturated carbocycles. The number of nitrogens with zero attached hydrogens (tertiary/aromatic N) is 1. The first-order chi connectivity index (χ1) is 8.80. The van der Waals surface area contributed by atoms with E-state index >= 15 is 0 Å². The lowest BCUT2D eigenvalue weighted by atomic mass is 10.2. The SMILES string of the molecule is CCCNCC1CCC(CN(CCC)CCC)O1. The number of hydrogen-bond acceptors (Lipinski definition) is 3. The maximum absolute atomic E-state index is 6.13. The van der Waals surface area contributed by atoms with E-state index in [4.69, 9.17) is 4.74 Å². The number of rotatable bonds is 10. The monoisotopic (exact) mass is 256 g/mol. The highest BCUT2D eigenvalue weighted by Gasteiger charge is 2.26. The molecule has 1 saturated heterocycles. The molecule has 3 nitrogen and oxygen atoms in total. The molecule has 1 heterocycles. The van der Waals surface area contributed by atoms with Crippen molar-refractivity contribution in [2.75, 3.05) is 32.7 Å². The van der Waals surface area contributed by atoms with Crippen molar-refractivity contribution < 1.29 is 4.74 Å². The third-order valence-electron chi connectivity index (χ3n) is 3.54. The van der Waals surface area contributed by atoms with Crippen LogP contribution in [0.15, 0.2) is 0 Å². The lowest BCUT2D eigenvalue weighted by Gasteiger charge is -2.24. The summed E-state index contributed by atoms with van der Waals surface area (Å²) in [4.78, 5) is 2.56. The molecule has 0 aromatic rings. The zero-order valence-electron chi connectivity index (χ0n) is 12.6. The van der Waals surface area contributed by atoms with Crippen LogP contribution < -0.4 is 5.32 Å². The van der Waals surface area contributed by atoms with Crippen LogP contribution >= 0.6 is 0 Å². The number of ether oxygens (including phenoxy) is 1. The average Bonchev–Trinajstić information content (AvgIpc) is 2.78. The Morgan fingerprint density at radius 2 is 1.67 bits per heavy atom. The van der Waals surface area contributed by atoms with E-state index in [0.717, 1.165) is 19.6 Å². The zero-order chi connectivity index (χ0) is 13.2. The molecule has 0 radical (unpaired) electrons. The van der Waals surface area contributed by atoms with Gasteiger partial charge in [-0.15, -0.1) is 0 Å². The summed E-state index contributed by atoms with van der Waals surface area (Å²) in [6.07, 6.45) is 7.08. The molecule has 1 fully saturated rings. The molecule has 1 aliphatic rings. The molecule has 2 atom stereocenters. The maximum Gasteiger partial charge on any atom is 0.0707 e. The van der Waals surface area contributed by atoms with Gasteiger partial charge in [0.15, 0.2) is 0 Å². The van der Waals surface area contributed by atoms with Crippen LogP contribution in [0.25, 0.3) is 0 Å². The highest BCUT2D eigenvalue weighted by molar-refractivity contribution is 4.78. The van der Waals surface area contributed by atoms with Gasteiger partial charge in [-0.25, -0.2) is 0 Å². The lowest BCUT2D eigenvalue weighted by molar-refractivity contribution is 0.0234. The second-order valence-electron chi connectivity index (χ2n) is 5.46. The molecular weight excluding hydrogens is 224 g/mol. The molecule has 0 aromatic carbocycles. The average molecular weight is 256 g/mol. The zero-order valence-corrected chi connectivity index (χ0v) is 12.6. The molecule has 0 spiro atoms. The van der Waals surface area contributed by atoms with Crippen LogP contribution in [0.3, 0.4) is 0 Å². The summed E-state index contributed by atoms with van der Waals surface area (Å²) >= 11 is 0. The quantitative estimate of drug-likeness (QED) is 0.608. The minimum Gasteiger partial charge on any atom is -0.372 e. The summed E-state index contributed by atoms with van der Waals surface area (Å²) in [6, 6.07) is 0. The summed E-state index contributed by atoms with van der Waals surface area (Å²) in [6.45, 7) is 12.4. The fourth-order valence-electron chi connectivity index (χ4n) is 2.72. The summed E-state index contributed by atoms with van der Waals surface area (Å²) < 4.78 is 6.13. The molecule has 18 heavy (non-hydrogen) atoms. The van der Waals surface area contributed by atoms with E-state index in [-0.39, 0.29) is 0 Å². The van der Waals surface area contributed by atoms with Crippen molar-refractivity contribution in [2.24, 2.45) is 0 Å². The first-order valence-electron chi connectivity index (χ1n) is 7.88. The normalized spacial score (nSPS) is 24.0. The second kappa shape index (κ2) is 9.76. The predicted molar refractivity (Wildman–Crippen MR) is 78.1 cm³/mol. The van der Waals surface area contributed by atoms with Gasteiger partial charge in [-0.05, 0) is 51.7 Å². The van der Waals surface area contributed by atoms with Crippen molar-refractivity contribution in [1.29, 1.82) is 0 Å². The van der Waals surface area contributed by atoms with Crippen molar-refractivity contribution in [3.8, 4) is 0 Å². The third-order valence-corrected chi connectivity index (χ3v) is 3.54. The van der Waals surface area contributed by atoms with E-state index in [1.165, 1.54) is 45.2 Å². The van der Waals surface area contributed by atoms with Gasteiger partial charge in [0.2, 0.25) is 0 Å². The summed E-state index contributed by atoms with van der Waals surface area (Å²) in [5, 5.41) is 3.46. The summed E-state index contributed by atoms with van der Waals surface area (Å²) in [5.41, 5.74) is 0. The fourth-order valence-corrected chi connectivity index (χ4v) is 2.72. The molecule has 0 aliphatic carbocycles. The van der Waals surface area contributed by atoms with Gasteiger partial charge in [0.25, 0.3) is 0 Å². The van der Waals surface area contributed by atoms with Crippen LogP contribution in [0.4, 0.5) is 0 Å². The van der Waals surface area contributed by atoms with Crippen LogP contribution in [0.2, 0.25) is 0 Å². The Bertz CT molecular complexity index is 193. The number of hydrogen-bond donors (Lipinski definition) is 1. The van der Waals surface area contributed by atoms with E-state index in [1.807, 2.05) is 0 Å². The van der Waals surface area contributed by atoms with Crippen LogP contribution in [-0.4, -0.2) is 49.8 Å². The largest absolute Gasteiger partial charge is 0.372 e. The second-order valence-corrected chi connectivity index (χ2v) is 5.46. The third kappa shape index (κ3) is 6.17. The van der Waals surface area contributed by atoms with Crippen molar-refractivity contribution in [3.63, 3.8) is 0 Å². The molecule has 3 heteroatoms. The van der Waals surface area contributed by atoms with Gasteiger partial charge < -0.3 is 15.0 Å². The Kier molecular flexibility index (Phi) is 8.64. The molecule has 108 valence electrons. The molecule has 0 amide bonds. The van der Waals surface area contributed by atoms with Crippen molar-refractivity contribution in [3.05, 3.63) is 0 Å². The van der Waals surface area contributed by atoms with Gasteiger partial charge in [-0.2, -0.15) is 0 Å². The van der Waals surface area contributed by atoms with Crippen LogP contribution in [0.5, 0.6) is 0 Å². The summed E-state index contributed by atoms with van der Waals surface area (Å²) in [5.74, 6) is 0. The maximum atomic E-state index is 6.13. The Hall–Kier alpha value is -0.120. The molecule has 1 aliphatic heterocycles. The van der Waals surface area contributed by atoms with Crippen molar-refractivity contribution >= 4 is 0 Å². The van der Waals surface area contributed by atoms with E-state index in [0.29, 0.717) is 12.2 Å². The minimum atomic E-state index is 0.451. The Balaban J connectivity index is 2.19. The highest BCUT2D eigenvalue weighted by Crippen LogP contribution is 2.20. The molecule has 0 aromatic heterocycles. The van der Waals surface area contributed by atoms with Gasteiger partial charge in [-0.1, -0.05) is 20.8 Å². The molecule has 1 N–H and O–H groups in total. The van der Waals surface area contributed by atoms with Crippen LogP contribution in [0.1, 0.15) is 52.9 Å².